The summed E-state index contributed by atoms with van der Waals surface area (Å²) in [5.41, 5.74) is 3.37. The Balaban J connectivity index is 1.45. The summed E-state index contributed by atoms with van der Waals surface area (Å²) >= 11 is 1.76. The summed E-state index contributed by atoms with van der Waals surface area (Å²) in [5.74, 6) is 3.01. The van der Waals surface area contributed by atoms with Gasteiger partial charge in [-0.25, -0.2) is 19.9 Å². The fourth-order valence-electron chi connectivity index (χ4n) is 4.14. The van der Waals surface area contributed by atoms with Crippen LogP contribution in [0.1, 0.15) is 23.5 Å². The molecule has 2 unspecified atom stereocenters. The van der Waals surface area contributed by atoms with Gasteiger partial charge >= 0.3 is 0 Å². The summed E-state index contributed by atoms with van der Waals surface area (Å²) in [6.45, 7) is 8.09. The number of aryl methyl sites for hydroxylation is 3. The number of rotatable bonds is 2. The van der Waals surface area contributed by atoms with Crippen LogP contribution < -0.4 is 9.80 Å². The zero-order valence-electron chi connectivity index (χ0n) is 14.6. The van der Waals surface area contributed by atoms with Gasteiger partial charge in [-0.05, 0) is 38.1 Å². The van der Waals surface area contributed by atoms with E-state index in [1.165, 1.54) is 16.7 Å². The topological polar surface area (TPSA) is 58.0 Å². The zero-order chi connectivity index (χ0) is 17.1. The van der Waals surface area contributed by atoms with Crippen LogP contribution in [0.15, 0.2) is 17.8 Å². The first-order valence-corrected chi connectivity index (χ1v) is 9.52. The van der Waals surface area contributed by atoms with Crippen molar-refractivity contribution in [1.82, 2.24) is 19.9 Å². The van der Waals surface area contributed by atoms with Crippen LogP contribution >= 0.6 is 11.3 Å². The third-order valence-corrected chi connectivity index (χ3v) is 6.31. The molecule has 3 aromatic rings. The normalized spacial score (nSPS) is 22.4. The van der Waals surface area contributed by atoms with E-state index in [1.807, 2.05) is 13.8 Å². The minimum Gasteiger partial charge on any atom is -0.352 e. The van der Waals surface area contributed by atoms with E-state index in [0.717, 1.165) is 41.8 Å². The average molecular weight is 352 g/mol. The van der Waals surface area contributed by atoms with Gasteiger partial charge in [-0.1, -0.05) is 0 Å². The van der Waals surface area contributed by atoms with E-state index >= 15 is 0 Å². The van der Waals surface area contributed by atoms with Crippen LogP contribution in [0.5, 0.6) is 0 Å². The van der Waals surface area contributed by atoms with Crippen molar-refractivity contribution in [1.29, 1.82) is 0 Å². The second-order valence-corrected chi connectivity index (χ2v) is 7.94. The quantitative estimate of drug-likeness (QED) is 0.707. The largest absolute Gasteiger partial charge is 0.352 e. The molecule has 25 heavy (non-hydrogen) atoms. The van der Waals surface area contributed by atoms with Crippen LogP contribution in [-0.2, 0) is 0 Å². The Kier molecular flexibility index (Phi) is 3.22. The Labute approximate surface area is 150 Å². The molecular weight excluding hydrogens is 332 g/mol. The van der Waals surface area contributed by atoms with E-state index in [2.05, 4.69) is 48.1 Å². The number of aromatic nitrogens is 4. The standard InChI is InChI=1S/C18H20N6S/c1-10-8-25-17-16(10)19-9-20-18(17)24-13-5-14(24)7-23(6-13)15-4-11(2)21-12(3)22-15/h4,8-9,13-14H,5-7H2,1-3H3. The van der Waals surface area contributed by atoms with Crippen molar-refractivity contribution in [2.75, 3.05) is 22.9 Å². The minimum atomic E-state index is 0.495. The van der Waals surface area contributed by atoms with Crippen LogP contribution in [0.4, 0.5) is 11.6 Å². The monoisotopic (exact) mass is 352 g/mol. The Morgan fingerprint density at radius 2 is 1.88 bits per heavy atom. The molecule has 0 saturated carbocycles. The third-order valence-electron chi connectivity index (χ3n) is 5.23. The SMILES string of the molecule is Cc1cc(N2CC3CC(C2)N3c2ncnc3c(C)csc23)nc(C)n1. The third kappa shape index (κ3) is 2.29. The molecule has 3 aliphatic heterocycles. The van der Waals surface area contributed by atoms with Gasteiger partial charge in [-0.3, -0.25) is 0 Å². The molecule has 3 aliphatic rings. The highest BCUT2D eigenvalue weighted by molar-refractivity contribution is 7.18. The van der Waals surface area contributed by atoms with Gasteiger partial charge in [-0.15, -0.1) is 11.3 Å². The molecule has 2 bridgehead atoms. The Hall–Kier alpha value is -2.28. The molecule has 3 saturated heterocycles. The molecule has 6 nitrogen and oxygen atoms in total. The lowest BCUT2D eigenvalue weighted by Crippen LogP contribution is -2.69. The lowest BCUT2D eigenvalue weighted by Gasteiger charge is -2.57. The first kappa shape index (κ1) is 15.0. The van der Waals surface area contributed by atoms with Gasteiger partial charge in [-0.2, -0.15) is 0 Å². The van der Waals surface area contributed by atoms with Crippen molar-refractivity contribution >= 4 is 33.2 Å². The number of hydrogen-bond acceptors (Lipinski definition) is 7. The molecule has 0 N–H and O–H groups in total. The molecule has 6 heterocycles. The molecule has 3 fully saturated rings. The molecular formula is C18H20N6S. The smallest absolute Gasteiger partial charge is 0.150 e. The molecule has 0 aliphatic carbocycles. The fourth-order valence-corrected chi connectivity index (χ4v) is 5.14. The van der Waals surface area contributed by atoms with E-state index in [0.29, 0.717) is 12.1 Å². The van der Waals surface area contributed by atoms with Crippen LogP contribution in [0.2, 0.25) is 0 Å². The maximum Gasteiger partial charge on any atom is 0.150 e. The number of hydrogen-bond donors (Lipinski definition) is 0. The second-order valence-electron chi connectivity index (χ2n) is 7.06. The maximum atomic E-state index is 4.64. The lowest BCUT2D eigenvalue weighted by molar-refractivity contribution is 0.288. The van der Waals surface area contributed by atoms with E-state index in [4.69, 9.17) is 0 Å². The first-order valence-electron chi connectivity index (χ1n) is 8.64. The van der Waals surface area contributed by atoms with E-state index in [-0.39, 0.29) is 0 Å². The Morgan fingerprint density at radius 1 is 1.08 bits per heavy atom. The summed E-state index contributed by atoms with van der Waals surface area (Å²) in [6, 6.07) is 3.08. The molecule has 128 valence electrons. The molecule has 0 amide bonds. The Bertz CT molecular complexity index is 935. The van der Waals surface area contributed by atoms with Crippen LogP contribution in [0.3, 0.4) is 0 Å². The fraction of sp³-hybridized carbons (Fsp3) is 0.444. The molecule has 7 heteroatoms. The van der Waals surface area contributed by atoms with E-state index < -0.39 is 0 Å². The average Bonchev–Trinajstić information content (AvgIpc) is 2.96. The molecule has 2 atom stereocenters. The van der Waals surface area contributed by atoms with Gasteiger partial charge in [0.05, 0.1) is 22.3 Å². The predicted octanol–water partition coefficient (Wildman–Crippen LogP) is 2.87. The van der Waals surface area contributed by atoms with Crippen LogP contribution in [-0.4, -0.2) is 45.1 Å². The van der Waals surface area contributed by atoms with Gasteiger partial charge in [0.15, 0.2) is 5.82 Å². The van der Waals surface area contributed by atoms with Gasteiger partial charge in [0.1, 0.15) is 18.0 Å². The van der Waals surface area contributed by atoms with Crippen molar-refractivity contribution in [3.63, 3.8) is 0 Å². The van der Waals surface area contributed by atoms with Gasteiger partial charge in [0, 0.05) is 24.8 Å². The number of anilines is 2. The molecule has 0 aromatic carbocycles. The van der Waals surface area contributed by atoms with Crippen molar-refractivity contribution in [2.45, 2.75) is 39.3 Å². The minimum absolute atomic E-state index is 0.495. The van der Waals surface area contributed by atoms with Gasteiger partial charge < -0.3 is 9.80 Å². The zero-order valence-corrected chi connectivity index (χ0v) is 15.4. The van der Waals surface area contributed by atoms with E-state index in [1.54, 1.807) is 17.7 Å². The Morgan fingerprint density at radius 3 is 2.64 bits per heavy atom. The van der Waals surface area contributed by atoms with Gasteiger partial charge in [0.2, 0.25) is 0 Å². The maximum absolute atomic E-state index is 4.64. The lowest BCUT2D eigenvalue weighted by atomic mass is 9.87. The van der Waals surface area contributed by atoms with Crippen molar-refractivity contribution in [3.05, 3.63) is 34.9 Å². The van der Waals surface area contributed by atoms with Crippen molar-refractivity contribution in [3.8, 4) is 0 Å². The number of piperazine rings is 1. The summed E-state index contributed by atoms with van der Waals surface area (Å²) in [6.07, 6.45) is 2.94. The summed E-state index contributed by atoms with van der Waals surface area (Å²) in [4.78, 5) is 23.0. The summed E-state index contributed by atoms with van der Waals surface area (Å²) in [7, 11) is 0. The van der Waals surface area contributed by atoms with Crippen molar-refractivity contribution in [2.24, 2.45) is 0 Å². The molecule has 3 aromatic heterocycles. The summed E-state index contributed by atoms with van der Waals surface area (Å²) < 4.78 is 1.22. The highest BCUT2D eigenvalue weighted by Crippen LogP contribution is 2.41. The van der Waals surface area contributed by atoms with Gasteiger partial charge in [0.25, 0.3) is 0 Å². The number of nitrogens with zero attached hydrogens (tertiary/aromatic N) is 6. The first-order chi connectivity index (χ1) is 12.1. The number of fused-ring (bicyclic) bond motifs is 3. The summed E-state index contributed by atoms with van der Waals surface area (Å²) in [5, 5.41) is 2.18. The van der Waals surface area contributed by atoms with Crippen LogP contribution in [0, 0.1) is 20.8 Å². The molecule has 0 spiro atoms. The second kappa shape index (κ2) is 5.36. The van der Waals surface area contributed by atoms with Crippen molar-refractivity contribution < 1.29 is 0 Å². The highest BCUT2D eigenvalue weighted by atomic mass is 32.1. The van der Waals surface area contributed by atoms with Crippen LogP contribution in [0.25, 0.3) is 10.2 Å². The number of piperidine rings is 1. The van der Waals surface area contributed by atoms with E-state index in [9.17, 15) is 0 Å². The molecule has 0 radical (unpaired) electrons. The highest BCUT2D eigenvalue weighted by Gasteiger charge is 2.46. The predicted molar refractivity (Wildman–Crippen MR) is 101 cm³/mol. The molecule has 6 rings (SSSR count). The number of thiophene rings is 1.